The zero-order valence-corrected chi connectivity index (χ0v) is 26.0. The minimum Gasteiger partial charge on any atom is -0.356 e. The lowest BCUT2D eigenvalue weighted by molar-refractivity contribution is -0.122. The molecule has 1 amide bonds. The van der Waals surface area contributed by atoms with Gasteiger partial charge in [-0.05, 0) is 43.9 Å². The highest BCUT2D eigenvalue weighted by Crippen LogP contribution is 2.34. The predicted molar refractivity (Wildman–Crippen MR) is 171 cm³/mol. The molecule has 0 bridgehead atoms. The Hall–Kier alpha value is -2.19. The first kappa shape index (κ1) is 31.3. The van der Waals surface area contributed by atoms with Crippen molar-refractivity contribution < 1.29 is 4.79 Å². The summed E-state index contributed by atoms with van der Waals surface area (Å²) in [6, 6.07) is 3.85. The number of aryl methyl sites for hydroxylation is 1. The molecule has 0 radical (unpaired) electrons. The largest absolute Gasteiger partial charge is 0.356 e. The average molecular weight is 571 g/mol. The fraction of sp³-hybridized carbons (Fsp3) is 0.613. The van der Waals surface area contributed by atoms with Gasteiger partial charge >= 0.3 is 0 Å². The Labute approximate surface area is 244 Å². The third-order valence-electron chi connectivity index (χ3n) is 7.16. The molecule has 1 aliphatic rings. The Balaban J connectivity index is 1.73. The summed E-state index contributed by atoms with van der Waals surface area (Å²) in [7, 11) is 0. The lowest BCUT2D eigenvalue weighted by Crippen LogP contribution is -2.31. The Morgan fingerprint density at radius 3 is 2.13 bits per heavy atom. The van der Waals surface area contributed by atoms with E-state index in [9.17, 15) is 9.59 Å². The smallest absolute Gasteiger partial charge is 0.267 e. The highest BCUT2D eigenvalue weighted by Gasteiger charge is 2.32. The molecule has 0 saturated carbocycles. The van der Waals surface area contributed by atoms with Gasteiger partial charge in [0.1, 0.15) is 15.8 Å². The average Bonchev–Trinajstić information content (AvgIpc) is 3.18. The lowest BCUT2D eigenvalue weighted by atomic mass is 10.1. The molecule has 0 spiro atoms. The van der Waals surface area contributed by atoms with Crippen molar-refractivity contribution in [3.05, 3.63) is 44.7 Å². The molecule has 0 aromatic carbocycles. The molecule has 214 valence electrons. The molecule has 1 saturated heterocycles. The van der Waals surface area contributed by atoms with Crippen molar-refractivity contribution in [2.45, 2.75) is 105 Å². The van der Waals surface area contributed by atoms with Crippen molar-refractivity contribution in [2.75, 3.05) is 24.5 Å². The number of carbonyl (C=O) groups excluding carboxylic acids is 1. The summed E-state index contributed by atoms with van der Waals surface area (Å²) in [6.07, 6.45) is 17.9. The summed E-state index contributed by atoms with van der Waals surface area (Å²) in [6.45, 7) is 10.7. The molecule has 3 rings (SSSR count). The van der Waals surface area contributed by atoms with E-state index in [2.05, 4.69) is 25.7 Å². The lowest BCUT2D eigenvalue weighted by Gasteiger charge is -2.24. The summed E-state index contributed by atoms with van der Waals surface area (Å²) in [4.78, 5) is 36.4. The van der Waals surface area contributed by atoms with Gasteiger partial charge in [0.2, 0.25) is 0 Å². The molecule has 0 unspecified atom stereocenters. The second-order valence-corrected chi connectivity index (χ2v) is 12.3. The first-order valence-corrected chi connectivity index (χ1v) is 16.2. The van der Waals surface area contributed by atoms with Crippen LogP contribution in [0.5, 0.6) is 0 Å². The number of thiocarbonyl (C=S) groups is 1. The fourth-order valence-corrected chi connectivity index (χ4v) is 6.35. The summed E-state index contributed by atoms with van der Waals surface area (Å²) >= 11 is 6.89. The normalized spacial score (nSPS) is 14.8. The monoisotopic (exact) mass is 570 g/mol. The maximum atomic E-state index is 13.7. The van der Waals surface area contributed by atoms with E-state index >= 15 is 0 Å². The minimum atomic E-state index is -0.157. The van der Waals surface area contributed by atoms with Crippen molar-refractivity contribution in [2.24, 2.45) is 0 Å². The van der Waals surface area contributed by atoms with Crippen molar-refractivity contribution in [3.8, 4) is 0 Å². The number of hydrogen-bond donors (Lipinski definition) is 0. The number of thioether (sulfide) groups is 1. The molecule has 39 heavy (non-hydrogen) atoms. The van der Waals surface area contributed by atoms with Gasteiger partial charge in [-0.15, -0.1) is 0 Å². The van der Waals surface area contributed by atoms with Crippen LogP contribution in [0.3, 0.4) is 0 Å². The molecule has 6 nitrogen and oxygen atoms in total. The van der Waals surface area contributed by atoms with E-state index in [1.54, 1.807) is 15.4 Å². The molecular formula is C31H46N4O2S2. The molecule has 8 heteroatoms. The van der Waals surface area contributed by atoms with Crippen LogP contribution in [0.2, 0.25) is 0 Å². The van der Waals surface area contributed by atoms with Gasteiger partial charge in [0, 0.05) is 25.8 Å². The van der Waals surface area contributed by atoms with Crippen LogP contribution < -0.4 is 10.5 Å². The maximum absolute atomic E-state index is 13.7. The number of anilines is 1. The second-order valence-electron chi connectivity index (χ2n) is 10.6. The fourth-order valence-electron chi connectivity index (χ4n) is 5.06. The number of nitrogens with zero attached hydrogens (tertiary/aromatic N) is 4. The number of hydrogen-bond acceptors (Lipinski definition) is 6. The Morgan fingerprint density at radius 2 is 1.51 bits per heavy atom. The SMILES string of the molecule is CCCCCCCCCCCCN1C(=O)C(=Cc2c(N(CCC)CCC)nc3ccc(C)cn3c2=O)SC1=S. The van der Waals surface area contributed by atoms with Crippen molar-refractivity contribution >= 4 is 51.7 Å². The van der Waals surface area contributed by atoms with Crippen molar-refractivity contribution in [3.63, 3.8) is 0 Å². The topological polar surface area (TPSA) is 57.9 Å². The van der Waals surface area contributed by atoms with E-state index in [0.717, 1.165) is 44.3 Å². The molecule has 1 aliphatic heterocycles. The summed E-state index contributed by atoms with van der Waals surface area (Å²) in [5.74, 6) is 0.547. The van der Waals surface area contributed by atoms with E-state index in [0.29, 0.717) is 32.8 Å². The zero-order valence-electron chi connectivity index (χ0n) is 24.3. The van der Waals surface area contributed by atoms with Gasteiger partial charge in [-0.2, -0.15) is 0 Å². The van der Waals surface area contributed by atoms with E-state index in [4.69, 9.17) is 17.2 Å². The first-order valence-electron chi connectivity index (χ1n) is 14.9. The summed E-state index contributed by atoms with van der Waals surface area (Å²) in [5, 5.41) is 0. The Morgan fingerprint density at radius 1 is 0.897 bits per heavy atom. The van der Waals surface area contributed by atoms with E-state index in [1.807, 2.05) is 25.3 Å². The molecule has 1 fully saturated rings. The highest BCUT2D eigenvalue weighted by atomic mass is 32.2. The number of pyridine rings is 1. The number of aromatic nitrogens is 2. The highest BCUT2D eigenvalue weighted by molar-refractivity contribution is 8.26. The van der Waals surface area contributed by atoms with Gasteiger partial charge in [-0.1, -0.05) is 109 Å². The predicted octanol–water partition coefficient (Wildman–Crippen LogP) is 7.75. The van der Waals surface area contributed by atoms with Crippen LogP contribution in [0.4, 0.5) is 5.82 Å². The van der Waals surface area contributed by atoms with Gasteiger partial charge in [0.05, 0.1) is 10.5 Å². The van der Waals surface area contributed by atoms with Crippen molar-refractivity contribution in [1.29, 1.82) is 0 Å². The number of carbonyl (C=O) groups is 1. The number of amides is 1. The molecule has 3 heterocycles. The Bertz CT molecular complexity index is 1200. The van der Waals surface area contributed by atoms with Gasteiger partial charge in [-0.25, -0.2) is 4.98 Å². The Kier molecular flexibility index (Phi) is 13.0. The van der Waals surface area contributed by atoms with Crippen LogP contribution in [0.1, 0.15) is 109 Å². The van der Waals surface area contributed by atoms with Gasteiger partial charge in [-0.3, -0.25) is 18.9 Å². The van der Waals surface area contributed by atoms with Crippen LogP contribution >= 0.6 is 24.0 Å². The maximum Gasteiger partial charge on any atom is 0.267 e. The molecule has 2 aromatic rings. The number of rotatable bonds is 17. The number of unbranched alkanes of at least 4 members (excludes halogenated alkanes) is 9. The molecule has 0 atom stereocenters. The van der Waals surface area contributed by atoms with Crippen molar-refractivity contribution in [1.82, 2.24) is 14.3 Å². The van der Waals surface area contributed by atoms with Crippen LogP contribution in [-0.2, 0) is 4.79 Å². The van der Waals surface area contributed by atoms with E-state index < -0.39 is 0 Å². The standard InChI is InChI=1S/C31H46N4O2S2/c1-5-8-9-10-11-12-13-14-15-16-21-34-30(37)26(39-31(34)38)22-25-28(33(19-6-2)20-7-3)32-27-18-17-24(4)23-35(27)29(25)36/h17-18,22-23H,5-16,19-21H2,1-4H3. The quantitative estimate of drug-likeness (QED) is 0.110. The van der Waals surface area contributed by atoms with Gasteiger partial charge in [0.15, 0.2) is 0 Å². The third-order valence-corrected chi connectivity index (χ3v) is 8.53. The van der Waals surface area contributed by atoms with E-state index in [1.165, 1.54) is 63.1 Å². The molecule has 0 aliphatic carbocycles. The van der Waals surface area contributed by atoms with Crippen LogP contribution in [0.25, 0.3) is 11.7 Å². The van der Waals surface area contributed by atoms with Gasteiger partial charge < -0.3 is 4.90 Å². The minimum absolute atomic E-state index is 0.0989. The first-order chi connectivity index (χ1) is 18.9. The van der Waals surface area contributed by atoms with Crippen LogP contribution in [0, 0.1) is 6.92 Å². The van der Waals surface area contributed by atoms with Crippen LogP contribution in [0.15, 0.2) is 28.0 Å². The number of fused-ring (bicyclic) bond motifs is 1. The van der Waals surface area contributed by atoms with Crippen LogP contribution in [-0.4, -0.2) is 44.1 Å². The summed E-state index contributed by atoms with van der Waals surface area (Å²) in [5.41, 5.74) is 1.89. The van der Waals surface area contributed by atoms with Gasteiger partial charge in [0.25, 0.3) is 11.5 Å². The second kappa shape index (κ2) is 16.2. The van der Waals surface area contributed by atoms with E-state index in [-0.39, 0.29) is 11.5 Å². The molecule has 2 aromatic heterocycles. The summed E-state index contributed by atoms with van der Waals surface area (Å²) < 4.78 is 2.16. The zero-order chi connectivity index (χ0) is 28.2. The third kappa shape index (κ3) is 8.65. The molecular weight excluding hydrogens is 525 g/mol. The molecule has 0 N–H and O–H groups in total.